The number of para-hydroxylation sites is 1. The first-order valence-corrected chi connectivity index (χ1v) is 5.42. The minimum Gasteiger partial charge on any atom is -0.376 e. The highest BCUT2D eigenvalue weighted by Crippen LogP contribution is 2.24. The molecule has 4 heteroatoms. The van der Waals surface area contributed by atoms with Gasteiger partial charge in [0.25, 0.3) is 0 Å². The molecule has 0 bridgehead atoms. The molecule has 1 N–H and O–H groups in total. The number of anilines is 1. The summed E-state index contributed by atoms with van der Waals surface area (Å²) in [6.45, 7) is 2.02. The van der Waals surface area contributed by atoms with E-state index in [-0.39, 0.29) is 6.04 Å². The third-order valence-electron chi connectivity index (χ3n) is 2.27. The summed E-state index contributed by atoms with van der Waals surface area (Å²) in [5.41, 5.74) is 1.80. The van der Waals surface area contributed by atoms with Crippen molar-refractivity contribution in [2.24, 2.45) is 0 Å². The quantitative estimate of drug-likeness (QED) is 0.884. The number of aromatic nitrogens is 2. The molecule has 16 heavy (non-hydrogen) atoms. The predicted molar refractivity (Wildman–Crippen MR) is 65.5 cm³/mol. The molecular weight excluding hydrogens is 222 g/mol. The zero-order valence-electron chi connectivity index (χ0n) is 8.89. The van der Waals surface area contributed by atoms with Gasteiger partial charge < -0.3 is 5.32 Å². The lowest BCUT2D eigenvalue weighted by atomic mass is 10.2. The summed E-state index contributed by atoms with van der Waals surface area (Å²) < 4.78 is 0. The van der Waals surface area contributed by atoms with Crippen molar-refractivity contribution in [3.63, 3.8) is 0 Å². The average Bonchev–Trinajstić information content (AvgIpc) is 2.33. The van der Waals surface area contributed by atoms with Crippen LogP contribution in [0.4, 0.5) is 5.69 Å². The molecule has 0 saturated heterocycles. The maximum atomic E-state index is 6.06. The van der Waals surface area contributed by atoms with Crippen LogP contribution in [0, 0.1) is 0 Å². The highest BCUT2D eigenvalue weighted by Gasteiger charge is 2.07. The van der Waals surface area contributed by atoms with E-state index < -0.39 is 0 Å². The molecule has 0 aliphatic rings. The second-order valence-corrected chi connectivity index (χ2v) is 3.88. The Labute approximate surface area is 99.5 Å². The van der Waals surface area contributed by atoms with Gasteiger partial charge in [0.15, 0.2) is 0 Å². The van der Waals surface area contributed by atoms with Crippen LogP contribution in [0.25, 0.3) is 0 Å². The number of hydrogen-bond donors (Lipinski definition) is 1. The van der Waals surface area contributed by atoms with Crippen molar-refractivity contribution >= 4 is 17.3 Å². The van der Waals surface area contributed by atoms with Crippen LogP contribution in [-0.2, 0) is 0 Å². The van der Waals surface area contributed by atoms with Gasteiger partial charge >= 0.3 is 0 Å². The van der Waals surface area contributed by atoms with Gasteiger partial charge in [-0.05, 0) is 19.1 Å². The van der Waals surface area contributed by atoms with Gasteiger partial charge in [0.2, 0.25) is 0 Å². The summed E-state index contributed by atoms with van der Waals surface area (Å²) >= 11 is 6.06. The van der Waals surface area contributed by atoms with Gasteiger partial charge in [0.05, 0.1) is 28.6 Å². The molecule has 1 unspecified atom stereocenters. The fourth-order valence-corrected chi connectivity index (χ4v) is 1.61. The van der Waals surface area contributed by atoms with E-state index in [9.17, 15) is 0 Å². The molecule has 2 aromatic rings. The fourth-order valence-electron chi connectivity index (χ4n) is 1.42. The molecule has 1 atom stereocenters. The van der Waals surface area contributed by atoms with Gasteiger partial charge in [-0.15, -0.1) is 0 Å². The Morgan fingerprint density at radius 2 is 2.06 bits per heavy atom. The largest absolute Gasteiger partial charge is 0.376 e. The number of rotatable bonds is 3. The van der Waals surface area contributed by atoms with Gasteiger partial charge in [-0.25, -0.2) is 0 Å². The van der Waals surface area contributed by atoms with E-state index in [2.05, 4.69) is 15.3 Å². The Hall–Kier alpha value is -1.61. The predicted octanol–water partition coefficient (Wildman–Crippen LogP) is 3.30. The number of halogens is 1. The van der Waals surface area contributed by atoms with E-state index in [1.807, 2.05) is 31.2 Å². The molecule has 0 aliphatic carbocycles. The topological polar surface area (TPSA) is 37.8 Å². The molecule has 1 aromatic carbocycles. The first-order chi connectivity index (χ1) is 7.77. The third kappa shape index (κ3) is 2.49. The van der Waals surface area contributed by atoms with E-state index >= 15 is 0 Å². The Bertz CT molecular complexity index is 459. The van der Waals surface area contributed by atoms with E-state index in [4.69, 9.17) is 11.6 Å². The molecule has 0 saturated carbocycles. The lowest BCUT2D eigenvalue weighted by Gasteiger charge is -2.15. The Morgan fingerprint density at radius 3 is 2.75 bits per heavy atom. The molecule has 1 heterocycles. The van der Waals surface area contributed by atoms with E-state index in [0.717, 1.165) is 11.4 Å². The molecule has 0 aliphatic heterocycles. The van der Waals surface area contributed by atoms with Crippen molar-refractivity contribution in [2.45, 2.75) is 13.0 Å². The van der Waals surface area contributed by atoms with Gasteiger partial charge in [0.1, 0.15) is 0 Å². The van der Waals surface area contributed by atoms with Crippen LogP contribution in [0.2, 0.25) is 5.02 Å². The standard InChI is InChI=1S/C12H12ClN3/c1-9(12-8-14-6-7-15-12)16-11-5-3-2-4-10(11)13/h2-9,16H,1H3. The second kappa shape index (κ2) is 4.94. The molecule has 0 radical (unpaired) electrons. The van der Waals surface area contributed by atoms with Gasteiger partial charge in [-0.1, -0.05) is 23.7 Å². The van der Waals surface area contributed by atoms with Crippen LogP contribution >= 0.6 is 11.6 Å². The number of nitrogens with one attached hydrogen (secondary N) is 1. The lowest BCUT2D eigenvalue weighted by Crippen LogP contribution is -2.08. The molecule has 1 aromatic heterocycles. The summed E-state index contributed by atoms with van der Waals surface area (Å²) in [6, 6.07) is 7.72. The van der Waals surface area contributed by atoms with E-state index in [0.29, 0.717) is 5.02 Å². The summed E-state index contributed by atoms with van der Waals surface area (Å²) in [5, 5.41) is 4.00. The minimum absolute atomic E-state index is 0.0774. The van der Waals surface area contributed by atoms with Crippen molar-refractivity contribution in [3.8, 4) is 0 Å². The van der Waals surface area contributed by atoms with Crippen LogP contribution in [0.1, 0.15) is 18.7 Å². The highest BCUT2D eigenvalue weighted by atomic mass is 35.5. The van der Waals surface area contributed by atoms with Crippen LogP contribution in [0.5, 0.6) is 0 Å². The normalized spacial score (nSPS) is 12.1. The van der Waals surface area contributed by atoms with E-state index in [1.54, 1.807) is 18.6 Å². The minimum atomic E-state index is 0.0774. The second-order valence-electron chi connectivity index (χ2n) is 3.48. The molecule has 0 amide bonds. The van der Waals surface area contributed by atoms with Crippen molar-refractivity contribution < 1.29 is 0 Å². The molecule has 3 nitrogen and oxygen atoms in total. The molecule has 82 valence electrons. The molecule has 2 rings (SSSR count). The smallest absolute Gasteiger partial charge is 0.0806 e. The molecular formula is C12H12ClN3. The van der Waals surface area contributed by atoms with Crippen LogP contribution < -0.4 is 5.32 Å². The van der Waals surface area contributed by atoms with Crippen molar-refractivity contribution in [3.05, 3.63) is 53.6 Å². The highest BCUT2D eigenvalue weighted by molar-refractivity contribution is 6.33. The van der Waals surface area contributed by atoms with E-state index in [1.165, 1.54) is 0 Å². The van der Waals surface area contributed by atoms with Crippen molar-refractivity contribution in [1.29, 1.82) is 0 Å². The number of benzene rings is 1. The maximum absolute atomic E-state index is 6.06. The first-order valence-electron chi connectivity index (χ1n) is 5.04. The van der Waals surface area contributed by atoms with Crippen molar-refractivity contribution in [2.75, 3.05) is 5.32 Å². The Balaban J connectivity index is 2.14. The van der Waals surface area contributed by atoms with Gasteiger partial charge in [-0.2, -0.15) is 0 Å². The van der Waals surface area contributed by atoms with Crippen molar-refractivity contribution in [1.82, 2.24) is 9.97 Å². The SMILES string of the molecule is CC(Nc1ccccc1Cl)c1cnccn1. The zero-order valence-corrected chi connectivity index (χ0v) is 9.65. The number of hydrogen-bond acceptors (Lipinski definition) is 3. The molecule has 0 fully saturated rings. The monoisotopic (exact) mass is 233 g/mol. The Kier molecular flexibility index (Phi) is 3.37. The first kappa shape index (κ1) is 10.9. The summed E-state index contributed by atoms with van der Waals surface area (Å²) in [6.07, 6.45) is 5.08. The fraction of sp³-hybridized carbons (Fsp3) is 0.167. The average molecular weight is 234 g/mol. The van der Waals surface area contributed by atoms with Crippen LogP contribution in [0.3, 0.4) is 0 Å². The van der Waals surface area contributed by atoms with Gasteiger partial charge in [0, 0.05) is 12.4 Å². The zero-order chi connectivity index (χ0) is 11.4. The van der Waals surface area contributed by atoms with Crippen LogP contribution in [0.15, 0.2) is 42.9 Å². The number of nitrogens with zero attached hydrogens (tertiary/aromatic N) is 2. The summed E-state index contributed by atoms with van der Waals surface area (Å²) in [4.78, 5) is 8.27. The summed E-state index contributed by atoms with van der Waals surface area (Å²) in [5.74, 6) is 0. The van der Waals surface area contributed by atoms with Crippen LogP contribution in [-0.4, -0.2) is 9.97 Å². The summed E-state index contributed by atoms with van der Waals surface area (Å²) in [7, 11) is 0. The Morgan fingerprint density at radius 1 is 1.25 bits per heavy atom. The van der Waals surface area contributed by atoms with Gasteiger partial charge in [-0.3, -0.25) is 9.97 Å². The molecule has 0 spiro atoms. The maximum Gasteiger partial charge on any atom is 0.0806 e. The lowest BCUT2D eigenvalue weighted by molar-refractivity contribution is 0.827. The third-order valence-corrected chi connectivity index (χ3v) is 2.60.